The van der Waals surface area contributed by atoms with E-state index in [4.69, 9.17) is 18.9 Å². The molecule has 324 valence electrons. The summed E-state index contributed by atoms with van der Waals surface area (Å²) in [5.74, 6) is -2.16. The lowest BCUT2D eigenvalue weighted by atomic mass is 9.91. The molecule has 0 bridgehead atoms. The quantitative estimate of drug-likeness (QED) is 0.274. The molecule has 4 aliphatic rings. The largest absolute Gasteiger partial charge is 0.496 e. The number of alkyl halides is 3. The van der Waals surface area contributed by atoms with Crippen LogP contribution < -0.4 is 24.2 Å². The smallest absolute Gasteiger partial charge is 0.422 e. The van der Waals surface area contributed by atoms with E-state index < -0.39 is 86.4 Å². The number of alkyl carbamates (subject to hydrolysis) is 1. The van der Waals surface area contributed by atoms with Crippen molar-refractivity contribution in [1.29, 1.82) is 0 Å². The van der Waals surface area contributed by atoms with Crippen molar-refractivity contribution in [1.82, 2.24) is 19.9 Å². The van der Waals surface area contributed by atoms with Gasteiger partial charge in [0.2, 0.25) is 27.7 Å². The summed E-state index contributed by atoms with van der Waals surface area (Å²) in [6, 6.07) is 2.21. The topological polar surface area (TPSA) is 180 Å². The van der Waals surface area contributed by atoms with E-state index in [1.807, 2.05) is 12.2 Å². The molecule has 2 aromatic rings. The standard InChI is InChI=1S/C41H53F3N4O10S/c1-24-31(55-6)15-14-27-32(19-33(46-34(24)27)56-23-41(42,43)44)57-26-18-29-30(49)21-40(36(51)47-59(53,54)39(5)16-17-39)20-25(40)12-10-8-7-9-11-13-28(35(50)48(29)22-26)45-37(52)58-38(2,3)4/h10,12,14-15,19,25-26,28-29H,7-9,11,13,16-18,20-23H2,1-6H3,(H,45,52)(H,47,51)/b12-10-/t25-,26+,28-,29-,40+/m0/s1. The number of hydrogen-bond donors (Lipinski definition) is 2. The number of aryl methyl sites for hydroxylation is 1. The van der Waals surface area contributed by atoms with Crippen molar-refractivity contribution >= 4 is 44.6 Å². The number of carbonyl (C=O) groups is 4. The Morgan fingerprint density at radius 1 is 1.07 bits per heavy atom. The Morgan fingerprint density at radius 3 is 2.46 bits per heavy atom. The molecular formula is C41H53F3N4O10S. The molecule has 5 atom stereocenters. The van der Waals surface area contributed by atoms with Gasteiger partial charge in [-0.2, -0.15) is 13.2 Å². The van der Waals surface area contributed by atoms with Crippen molar-refractivity contribution in [3.63, 3.8) is 0 Å². The number of nitrogens with zero attached hydrogens (tertiary/aromatic N) is 2. The molecule has 3 amide bonds. The number of nitrogens with one attached hydrogen (secondary N) is 2. The molecule has 1 aromatic heterocycles. The van der Waals surface area contributed by atoms with Crippen LogP contribution in [0.5, 0.6) is 17.4 Å². The summed E-state index contributed by atoms with van der Waals surface area (Å²) in [6.45, 7) is 6.50. The van der Waals surface area contributed by atoms with Gasteiger partial charge in [-0.1, -0.05) is 25.0 Å². The molecule has 1 aromatic carbocycles. The fraction of sp³-hybridized carbons (Fsp3) is 0.634. The van der Waals surface area contributed by atoms with Crippen LogP contribution in [0.2, 0.25) is 0 Å². The number of benzene rings is 1. The zero-order chi connectivity index (χ0) is 43.1. The second-order valence-corrected chi connectivity index (χ2v) is 19.6. The number of allylic oxidation sites excluding steroid dienone is 2. The third kappa shape index (κ3) is 10.1. The predicted octanol–water partition coefficient (Wildman–Crippen LogP) is 6.22. The first-order valence-electron chi connectivity index (χ1n) is 20.0. The van der Waals surface area contributed by atoms with E-state index in [-0.39, 0.29) is 49.4 Å². The lowest BCUT2D eigenvalue weighted by molar-refractivity contribution is -0.154. The Labute approximate surface area is 342 Å². The second kappa shape index (κ2) is 16.4. The lowest BCUT2D eigenvalue weighted by Crippen LogP contribution is -2.53. The normalized spacial score (nSPS) is 26.7. The van der Waals surface area contributed by atoms with E-state index in [9.17, 15) is 40.8 Å². The van der Waals surface area contributed by atoms with E-state index in [0.717, 1.165) is 6.42 Å². The summed E-state index contributed by atoms with van der Waals surface area (Å²) < 4.78 is 89.7. The maximum Gasteiger partial charge on any atom is 0.422 e. The number of ether oxygens (including phenoxy) is 4. The maximum absolute atomic E-state index is 14.6. The molecule has 2 aliphatic heterocycles. The van der Waals surface area contributed by atoms with E-state index in [2.05, 4.69) is 15.0 Å². The van der Waals surface area contributed by atoms with Crippen LogP contribution in [0.4, 0.5) is 18.0 Å². The van der Waals surface area contributed by atoms with Gasteiger partial charge in [-0.25, -0.2) is 18.2 Å². The van der Waals surface area contributed by atoms with Gasteiger partial charge in [0, 0.05) is 29.9 Å². The molecule has 6 rings (SSSR count). The minimum Gasteiger partial charge on any atom is -0.496 e. The SMILES string of the molecule is COc1ccc2c(O[C@@H]3C[C@H]4C(=O)C[C@]5(C(=O)NS(=O)(=O)C6(C)CC6)C[C@@H]5/C=C\CCCCC[C@H](NC(=O)OC(C)(C)C)C(=O)N4C3)cc(OCC(F)(F)F)nc2c1C. The van der Waals surface area contributed by atoms with E-state index >= 15 is 0 Å². The molecule has 3 fully saturated rings. The average molecular weight is 851 g/mol. The molecule has 59 heavy (non-hydrogen) atoms. The molecule has 2 N–H and O–H groups in total. The number of hydrogen-bond acceptors (Lipinski definition) is 11. The number of halogens is 3. The number of methoxy groups -OCH3 is 1. The van der Waals surface area contributed by atoms with Crippen LogP contribution in [0.15, 0.2) is 30.4 Å². The Kier molecular flexibility index (Phi) is 12.3. The van der Waals surface area contributed by atoms with E-state index in [1.165, 1.54) is 18.1 Å². The van der Waals surface area contributed by atoms with Crippen LogP contribution in [0.25, 0.3) is 10.9 Å². The van der Waals surface area contributed by atoms with Gasteiger partial charge in [0.25, 0.3) is 0 Å². The molecule has 3 heterocycles. The van der Waals surface area contributed by atoms with Crippen molar-refractivity contribution < 1.29 is 59.7 Å². The molecule has 18 heteroatoms. The van der Waals surface area contributed by atoms with E-state index in [0.29, 0.717) is 48.8 Å². The summed E-state index contributed by atoms with van der Waals surface area (Å²) in [7, 11) is -2.59. The third-order valence-electron chi connectivity index (χ3n) is 11.6. The molecule has 2 saturated carbocycles. The van der Waals surface area contributed by atoms with Gasteiger partial charge in [-0.15, -0.1) is 0 Å². The highest BCUT2D eigenvalue weighted by Crippen LogP contribution is 2.57. The van der Waals surface area contributed by atoms with Gasteiger partial charge in [0.1, 0.15) is 29.2 Å². The van der Waals surface area contributed by atoms with Gasteiger partial charge >= 0.3 is 12.3 Å². The van der Waals surface area contributed by atoms with Crippen LogP contribution >= 0.6 is 0 Å². The Hall–Kier alpha value is -4.61. The van der Waals surface area contributed by atoms with Gasteiger partial charge in [0.15, 0.2) is 12.4 Å². The lowest BCUT2D eigenvalue weighted by Gasteiger charge is -2.30. The summed E-state index contributed by atoms with van der Waals surface area (Å²) in [5.41, 5.74) is -1.50. The van der Waals surface area contributed by atoms with Crippen LogP contribution in [-0.2, 0) is 29.1 Å². The third-order valence-corrected chi connectivity index (χ3v) is 13.7. The molecule has 0 unspecified atom stereocenters. The highest BCUT2D eigenvalue weighted by atomic mass is 32.2. The number of rotatable bonds is 9. The molecule has 0 radical (unpaired) electrons. The van der Waals surface area contributed by atoms with Crippen molar-refractivity contribution in [2.24, 2.45) is 11.3 Å². The minimum atomic E-state index is -4.66. The number of sulfonamides is 1. The number of fused-ring (bicyclic) bond motifs is 3. The second-order valence-electron chi connectivity index (χ2n) is 17.4. The van der Waals surface area contributed by atoms with Gasteiger partial charge in [0.05, 0.1) is 35.4 Å². The van der Waals surface area contributed by atoms with Crippen molar-refractivity contribution in [3.05, 3.63) is 35.9 Å². The van der Waals surface area contributed by atoms with Crippen molar-refractivity contribution in [2.75, 3.05) is 20.3 Å². The minimum absolute atomic E-state index is 0.0796. The summed E-state index contributed by atoms with van der Waals surface area (Å²) in [6.07, 6.45) is 0.829. The number of ketones is 1. The maximum atomic E-state index is 14.6. The molecule has 0 spiro atoms. The zero-order valence-electron chi connectivity index (χ0n) is 34.2. The van der Waals surface area contributed by atoms with Crippen molar-refractivity contribution in [2.45, 2.75) is 134 Å². The fourth-order valence-electron chi connectivity index (χ4n) is 7.82. The summed E-state index contributed by atoms with van der Waals surface area (Å²) >= 11 is 0. The van der Waals surface area contributed by atoms with E-state index in [1.54, 1.807) is 46.8 Å². The van der Waals surface area contributed by atoms with Crippen LogP contribution in [0, 0.1) is 18.3 Å². The Morgan fingerprint density at radius 2 is 1.80 bits per heavy atom. The molecule has 2 aliphatic carbocycles. The summed E-state index contributed by atoms with van der Waals surface area (Å²) in [5, 5.41) is 3.10. The average Bonchev–Trinajstić information content (AvgIpc) is 4.02. The van der Waals surface area contributed by atoms with Crippen LogP contribution in [0.3, 0.4) is 0 Å². The predicted molar refractivity (Wildman–Crippen MR) is 209 cm³/mol. The van der Waals surface area contributed by atoms with Crippen molar-refractivity contribution in [3.8, 4) is 17.4 Å². The molecule has 14 nitrogen and oxygen atoms in total. The molecule has 1 saturated heterocycles. The monoisotopic (exact) mass is 850 g/mol. The first kappa shape index (κ1) is 44.0. The van der Waals surface area contributed by atoms with Gasteiger partial charge < -0.3 is 29.2 Å². The van der Waals surface area contributed by atoms with Gasteiger partial charge in [-0.3, -0.25) is 19.1 Å². The zero-order valence-corrected chi connectivity index (χ0v) is 35.0. The Bertz CT molecular complexity index is 2120. The van der Waals surface area contributed by atoms with Crippen LogP contribution in [0.1, 0.15) is 97.5 Å². The first-order valence-corrected chi connectivity index (χ1v) is 21.4. The summed E-state index contributed by atoms with van der Waals surface area (Å²) in [4.78, 5) is 61.8. The van der Waals surface area contributed by atoms with Gasteiger partial charge in [-0.05, 0) is 91.2 Å². The fourth-order valence-corrected chi connectivity index (χ4v) is 9.16. The number of aromatic nitrogens is 1. The number of carbonyl (C=O) groups excluding carboxylic acids is 4. The number of Topliss-reactive ketones (excluding diaryl/α,β-unsaturated/α-hetero) is 1. The highest BCUT2D eigenvalue weighted by Gasteiger charge is 2.62. The molecular weight excluding hydrogens is 798 g/mol. The number of pyridine rings is 1. The first-order chi connectivity index (χ1) is 27.5. The number of amides is 3. The highest BCUT2D eigenvalue weighted by molar-refractivity contribution is 7.91. The Balaban J connectivity index is 1.35. The van der Waals surface area contributed by atoms with Crippen LogP contribution in [-0.4, -0.2) is 97.0 Å².